The molecule has 0 amide bonds. The van der Waals surface area contributed by atoms with Gasteiger partial charge < -0.3 is 5.32 Å². The Balaban J connectivity index is 3.83. The maximum Gasteiger partial charge on any atom is 0.151 e. The SMILES string of the molecule is C#CC(CCC)NCCS(=O)(=O)CCC. The molecule has 0 aromatic heterocycles. The van der Waals surface area contributed by atoms with Crippen LogP contribution in [-0.4, -0.2) is 32.5 Å². The molecule has 1 atom stereocenters. The van der Waals surface area contributed by atoms with Crippen LogP contribution in [0.5, 0.6) is 0 Å². The molecule has 0 saturated carbocycles. The second kappa shape index (κ2) is 7.72. The van der Waals surface area contributed by atoms with Gasteiger partial charge in [-0.25, -0.2) is 8.42 Å². The molecule has 0 aromatic carbocycles. The number of nitrogens with one attached hydrogen (secondary N) is 1. The number of hydrogen-bond acceptors (Lipinski definition) is 3. The molecular formula is C11H21NO2S. The smallest absolute Gasteiger partial charge is 0.151 e. The summed E-state index contributed by atoms with van der Waals surface area (Å²) < 4.78 is 22.7. The van der Waals surface area contributed by atoms with E-state index in [1.54, 1.807) is 0 Å². The van der Waals surface area contributed by atoms with Crippen molar-refractivity contribution in [2.24, 2.45) is 0 Å². The minimum atomic E-state index is -2.88. The van der Waals surface area contributed by atoms with E-state index in [2.05, 4.69) is 18.2 Å². The molecule has 4 heteroatoms. The highest BCUT2D eigenvalue weighted by atomic mass is 32.2. The number of rotatable bonds is 8. The minimum Gasteiger partial charge on any atom is -0.303 e. The summed E-state index contributed by atoms with van der Waals surface area (Å²) in [5, 5.41) is 3.07. The van der Waals surface area contributed by atoms with Crippen molar-refractivity contribution in [2.45, 2.75) is 39.2 Å². The Morgan fingerprint density at radius 1 is 1.27 bits per heavy atom. The summed E-state index contributed by atoms with van der Waals surface area (Å²) in [5.74, 6) is 3.07. The number of terminal acetylenes is 1. The molecule has 0 aliphatic carbocycles. The zero-order chi connectivity index (χ0) is 11.7. The first-order chi connectivity index (χ1) is 7.05. The lowest BCUT2D eigenvalue weighted by atomic mass is 10.2. The van der Waals surface area contributed by atoms with E-state index in [0.717, 1.165) is 12.8 Å². The largest absolute Gasteiger partial charge is 0.303 e. The number of sulfone groups is 1. The molecule has 0 fully saturated rings. The Hall–Kier alpha value is -0.530. The van der Waals surface area contributed by atoms with Crippen molar-refractivity contribution in [2.75, 3.05) is 18.1 Å². The lowest BCUT2D eigenvalue weighted by Gasteiger charge is -2.11. The zero-order valence-electron chi connectivity index (χ0n) is 9.62. The van der Waals surface area contributed by atoms with Crippen LogP contribution in [0.3, 0.4) is 0 Å². The predicted molar refractivity (Wildman–Crippen MR) is 64.5 cm³/mol. The molecule has 0 heterocycles. The molecule has 1 unspecified atom stereocenters. The summed E-state index contributed by atoms with van der Waals surface area (Å²) in [6.07, 6.45) is 7.88. The van der Waals surface area contributed by atoms with Gasteiger partial charge in [-0.2, -0.15) is 0 Å². The summed E-state index contributed by atoms with van der Waals surface area (Å²) in [5.41, 5.74) is 0. The van der Waals surface area contributed by atoms with E-state index in [1.165, 1.54) is 0 Å². The van der Waals surface area contributed by atoms with Crippen LogP contribution in [0, 0.1) is 12.3 Å². The van der Waals surface area contributed by atoms with Gasteiger partial charge in [0.2, 0.25) is 0 Å². The van der Waals surface area contributed by atoms with Crippen molar-refractivity contribution in [3.05, 3.63) is 0 Å². The Morgan fingerprint density at radius 2 is 1.93 bits per heavy atom. The van der Waals surface area contributed by atoms with Crippen molar-refractivity contribution in [3.8, 4) is 12.3 Å². The van der Waals surface area contributed by atoms with Crippen LogP contribution in [0.1, 0.15) is 33.1 Å². The van der Waals surface area contributed by atoms with Crippen molar-refractivity contribution < 1.29 is 8.42 Å². The maximum atomic E-state index is 11.4. The maximum absolute atomic E-state index is 11.4. The first kappa shape index (κ1) is 14.5. The van der Waals surface area contributed by atoms with Crippen molar-refractivity contribution in [1.29, 1.82) is 0 Å². The van der Waals surface area contributed by atoms with Gasteiger partial charge in [-0.3, -0.25) is 0 Å². The van der Waals surface area contributed by atoms with E-state index in [1.807, 2.05) is 6.92 Å². The van der Waals surface area contributed by atoms with Crippen LogP contribution in [-0.2, 0) is 9.84 Å². The molecule has 0 saturated heterocycles. The summed E-state index contributed by atoms with van der Waals surface area (Å²) in [6.45, 7) is 4.38. The van der Waals surface area contributed by atoms with Gasteiger partial charge in [0.1, 0.15) is 0 Å². The van der Waals surface area contributed by atoms with Gasteiger partial charge in [-0.15, -0.1) is 6.42 Å². The molecule has 0 aliphatic heterocycles. The van der Waals surface area contributed by atoms with E-state index in [0.29, 0.717) is 13.0 Å². The first-order valence-electron chi connectivity index (χ1n) is 5.45. The second-order valence-electron chi connectivity index (χ2n) is 3.61. The molecule has 0 rings (SSSR count). The van der Waals surface area contributed by atoms with Gasteiger partial charge in [0.25, 0.3) is 0 Å². The predicted octanol–water partition coefficient (Wildman–Crippen LogP) is 1.20. The minimum absolute atomic E-state index is 0.00632. The Kier molecular flexibility index (Phi) is 7.45. The summed E-state index contributed by atoms with van der Waals surface area (Å²) >= 11 is 0. The van der Waals surface area contributed by atoms with Crippen molar-refractivity contribution in [1.82, 2.24) is 5.32 Å². The fourth-order valence-electron chi connectivity index (χ4n) is 1.33. The summed E-state index contributed by atoms with van der Waals surface area (Å²) in [7, 11) is -2.88. The van der Waals surface area contributed by atoms with E-state index >= 15 is 0 Å². The third kappa shape index (κ3) is 7.40. The van der Waals surface area contributed by atoms with Crippen LogP contribution in [0.2, 0.25) is 0 Å². The highest BCUT2D eigenvalue weighted by Crippen LogP contribution is 1.96. The normalized spacial score (nSPS) is 13.4. The highest BCUT2D eigenvalue weighted by molar-refractivity contribution is 7.91. The van der Waals surface area contributed by atoms with Crippen LogP contribution in [0.4, 0.5) is 0 Å². The standard InChI is InChI=1S/C11H21NO2S/c1-4-7-11(6-3)12-8-10-15(13,14)9-5-2/h3,11-12H,4-5,7-10H2,1-2H3. The first-order valence-corrected chi connectivity index (χ1v) is 7.27. The van der Waals surface area contributed by atoms with Crippen LogP contribution >= 0.6 is 0 Å². The zero-order valence-corrected chi connectivity index (χ0v) is 10.4. The summed E-state index contributed by atoms with van der Waals surface area (Å²) in [6, 6.07) is 0.00632. The van der Waals surface area contributed by atoms with Gasteiger partial charge >= 0.3 is 0 Å². The van der Waals surface area contributed by atoms with Crippen LogP contribution in [0.25, 0.3) is 0 Å². The van der Waals surface area contributed by atoms with E-state index in [9.17, 15) is 8.42 Å². The van der Waals surface area contributed by atoms with Gasteiger partial charge in [-0.05, 0) is 12.8 Å². The lowest BCUT2D eigenvalue weighted by Crippen LogP contribution is -2.32. The molecule has 15 heavy (non-hydrogen) atoms. The van der Waals surface area contributed by atoms with Gasteiger partial charge in [0.15, 0.2) is 9.84 Å². The highest BCUT2D eigenvalue weighted by Gasteiger charge is 2.10. The molecule has 0 spiro atoms. The topological polar surface area (TPSA) is 46.2 Å². The molecule has 0 aromatic rings. The van der Waals surface area contributed by atoms with Crippen LogP contribution < -0.4 is 5.32 Å². The van der Waals surface area contributed by atoms with Gasteiger partial charge in [0.05, 0.1) is 11.8 Å². The average Bonchev–Trinajstić information content (AvgIpc) is 2.16. The van der Waals surface area contributed by atoms with E-state index in [-0.39, 0.29) is 17.5 Å². The Labute approximate surface area is 93.6 Å². The second-order valence-corrected chi connectivity index (χ2v) is 5.92. The molecule has 0 radical (unpaired) electrons. The molecular weight excluding hydrogens is 210 g/mol. The summed E-state index contributed by atoms with van der Waals surface area (Å²) in [4.78, 5) is 0. The third-order valence-electron chi connectivity index (χ3n) is 2.10. The van der Waals surface area contributed by atoms with E-state index < -0.39 is 9.84 Å². The Morgan fingerprint density at radius 3 is 2.40 bits per heavy atom. The fourth-order valence-corrected chi connectivity index (χ4v) is 2.59. The molecule has 88 valence electrons. The molecule has 0 bridgehead atoms. The molecule has 0 aliphatic rings. The molecule has 1 N–H and O–H groups in total. The van der Waals surface area contributed by atoms with Gasteiger partial charge in [0, 0.05) is 12.3 Å². The third-order valence-corrected chi connectivity index (χ3v) is 3.95. The lowest BCUT2D eigenvalue weighted by molar-refractivity contribution is 0.565. The monoisotopic (exact) mass is 231 g/mol. The van der Waals surface area contributed by atoms with Gasteiger partial charge in [-0.1, -0.05) is 26.2 Å². The average molecular weight is 231 g/mol. The molecule has 3 nitrogen and oxygen atoms in total. The fraction of sp³-hybridized carbons (Fsp3) is 0.818. The quantitative estimate of drug-likeness (QED) is 0.639. The number of hydrogen-bond donors (Lipinski definition) is 1. The van der Waals surface area contributed by atoms with Crippen LogP contribution in [0.15, 0.2) is 0 Å². The van der Waals surface area contributed by atoms with E-state index in [4.69, 9.17) is 6.42 Å². The Bertz CT molecular complexity index is 290. The van der Waals surface area contributed by atoms with Crippen molar-refractivity contribution in [3.63, 3.8) is 0 Å². The van der Waals surface area contributed by atoms with Crippen molar-refractivity contribution >= 4 is 9.84 Å².